The predicted molar refractivity (Wildman–Crippen MR) is 86.9 cm³/mol. The summed E-state index contributed by atoms with van der Waals surface area (Å²) < 4.78 is 10.3. The number of benzene rings is 2. The molecule has 0 saturated carbocycles. The number of carboxylic acid groups (broad SMARTS) is 1. The van der Waals surface area contributed by atoms with Crippen LogP contribution in [0.3, 0.4) is 0 Å². The minimum atomic E-state index is -1.16. The van der Waals surface area contributed by atoms with Gasteiger partial charge in [0.1, 0.15) is 5.75 Å². The van der Waals surface area contributed by atoms with E-state index in [1.807, 2.05) is 0 Å². The highest BCUT2D eigenvalue weighted by Crippen LogP contribution is 2.28. The lowest BCUT2D eigenvalue weighted by molar-refractivity contribution is -0.115. The van der Waals surface area contributed by atoms with Crippen molar-refractivity contribution in [2.75, 3.05) is 19.5 Å². The number of aromatic hydroxyl groups is 1. The first-order valence-electron chi connectivity index (χ1n) is 7.01. The molecule has 0 heterocycles. The van der Waals surface area contributed by atoms with E-state index in [0.29, 0.717) is 17.1 Å². The van der Waals surface area contributed by atoms with Crippen molar-refractivity contribution < 1.29 is 29.3 Å². The van der Waals surface area contributed by atoms with E-state index in [1.54, 1.807) is 18.2 Å². The molecule has 0 aliphatic heterocycles. The average molecular weight is 331 g/mol. The zero-order chi connectivity index (χ0) is 17.7. The van der Waals surface area contributed by atoms with Crippen LogP contribution in [0.2, 0.25) is 0 Å². The fourth-order valence-electron chi connectivity index (χ4n) is 2.14. The highest BCUT2D eigenvalue weighted by molar-refractivity contribution is 5.95. The van der Waals surface area contributed by atoms with E-state index in [1.165, 1.54) is 26.4 Å². The molecule has 0 aromatic heterocycles. The molecule has 2 rings (SSSR count). The first-order valence-corrected chi connectivity index (χ1v) is 7.01. The van der Waals surface area contributed by atoms with Gasteiger partial charge in [-0.05, 0) is 35.9 Å². The standard InChI is InChI=1S/C17H17NO6/c1-23-14-6-3-10(7-15(14)24-2)8-16(20)18-12-5-4-11(17(21)22)9-13(12)19/h3-7,9,19H,8H2,1-2H3,(H,18,20)(H,21,22). The summed E-state index contributed by atoms with van der Waals surface area (Å²) in [7, 11) is 3.03. The number of rotatable bonds is 6. The van der Waals surface area contributed by atoms with Crippen molar-refractivity contribution >= 4 is 17.6 Å². The van der Waals surface area contributed by atoms with Crippen molar-refractivity contribution in [1.82, 2.24) is 0 Å². The van der Waals surface area contributed by atoms with Gasteiger partial charge in [0.25, 0.3) is 0 Å². The third kappa shape index (κ3) is 3.95. The summed E-state index contributed by atoms with van der Waals surface area (Å²) in [6.07, 6.45) is 0.0560. The maximum atomic E-state index is 12.1. The van der Waals surface area contributed by atoms with Crippen molar-refractivity contribution in [1.29, 1.82) is 0 Å². The predicted octanol–water partition coefficient (Wildman–Crippen LogP) is 2.29. The molecule has 2 aromatic rings. The monoisotopic (exact) mass is 331 g/mol. The Morgan fingerprint density at radius 2 is 1.75 bits per heavy atom. The fourth-order valence-corrected chi connectivity index (χ4v) is 2.14. The second kappa shape index (κ2) is 7.36. The Balaban J connectivity index is 2.10. The maximum absolute atomic E-state index is 12.1. The van der Waals surface area contributed by atoms with Crippen LogP contribution in [0.1, 0.15) is 15.9 Å². The third-order valence-electron chi connectivity index (χ3n) is 3.33. The summed E-state index contributed by atoms with van der Waals surface area (Å²) >= 11 is 0. The molecular weight excluding hydrogens is 314 g/mol. The van der Waals surface area contributed by atoms with Gasteiger partial charge < -0.3 is 25.0 Å². The molecular formula is C17H17NO6. The molecule has 24 heavy (non-hydrogen) atoms. The van der Waals surface area contributed by atoms with E-state index in [4.69, 9.17) is 14.6 Å². The number of carboxylic acids is 1. The maximum Gasteiger partial charge on any atom is 0.335 e. The number of ether oxygens (including phenoxy) is 2. The minimum Gasteiger partial charge on any atom is -0.506 e. The Bertz CT molecular complexity index is 772. The van der Waals surface area contributed by atoms with Gasteiger partial charge in [-0.3, -0.25) is 4.79 Å². The second-order valence-corrected chi connectivity index (χ2v) is 4.95. The van der Waals surface area contributed by atoms with E-state index < -0.39 is 5.97 Å². The first kappa shape index (κ1) is 17.1. The van der Waals surface area contributed by atoms with Crippen LogP contribution in [0.4, 0.5) is 5.69 Å². The largest absolute Gasteiger partial charge is 0.506 e. The van der Waals surface area contributed by atoms with E-state index in [0.717, 1.165) is 6.07 Å². The number of carbonyl (C=O) groups is 2. The van der Waals surface area contributed by atoms with Crippen LogP contribution in [0.5, 0.6) is 17.2 Å². The second-order valence-electron chi connectivity index (χ2n) is 4.95. The van der Waals surface area contributed by atoms with Crippen LogP contribution < -0.4 is 14.8 Å². The van der Waals surface area contributed by atoms with Gasteiger partial charge in [0, 0.05) is 0 Å². The molecule has 3 N–H and O–H groups in total. The minimum absolute atomic E-state index is 0.0560. The van der Waals surface area contributed by atoms with E-state index in [-0.39, 0.29) is 29.3 Å². The number of hydrogen-bond acceptors (Lipinski definition) is 5. The van der Waals surface area contributed by atoms with Crippen LogP contribution >= 0.6 is 0 Å². The Morgan fingerprint density at radius 1 is 1.04 bits per heavy atom. The Morgan fingerprint density at radius 3 is 2.33 bits per heavy atom. The number of hydrogen-bond donors (Lipinski definition) is 3. The van der Waals surface area contributed by atoms with Crippen molar-refractivity contribution in [3.05, 3.63) is 47.5 Å². The molecule has 0 aliphatic carbocycles. The van der Waals surface area contributed by atoms with Crippen LogP contribution in [0.15, 0.2) is 36.4 Å². The number of anilines is 1. The normalized spacial score (nSPS) is 10.1. The molecule has 126 valence electrons. The van der Waals surface area contributed by atoms with Gasteiger partial charge >= 0.3 is 5.97 Å². The molecule has 0 atom stereocenters. The lowest BCUT2D eigenvalue weighted by Crippen LogP contribution is -2.14. The van der Waals surface area contributed by atoms with Crippen LogP contribution in [0.25, 0.3) is 0 Å². The van der Waals surface area contributed by atoms with Crippen molar-refractivity contribution in [2.24, 2.45) is 0 Å². The lowest BCUT2D eigenvalue weighted by atomic mass is 10.1. The molecule has 7 nitrogen and oxygen atoms in total. The van der Waals surface area contributed by atoms with Gasteiger partial charge in [-0.1, -0.05) is 6.07 Å². The first-order chi connectivity index (χ1) is 11.4. The zero-order valence-corrected chi connectivity index (χ0v) is 13.2. The third-order valence-corrected chi connectivity index (χ3v) is 3.33. The highest BCUT2D eigenvalue weighted by Gasteiger charge is 2.12. The Labute approximate surface area is 138 Å². The van der Waals surface area contributed by atoms with Crippen molar-refractivity contribution in [2.45, 2.75) is 6.42 Å². The highest BCUT2D eigenvalue weighted by atomic mass is 16.5. The van der Waals surface area contributed by atoms with Crippen LogP contribution in [0, 0.1) is 0 Å². The topological polar surface area (TPSA) is 105 Å². The summed E-state index contributed by atoms with van der Waals surface area (Å²) in [6.45, 7) is 0. The van der Waals surface area contributed by atoms with Gasteiger partial charge in [-0.15, -0.1) is 0 Å². The number of aromatic carboxylic acids is 1. The molecule has 1 amide bonds. The number of methoxy groups -OCH3 is 2. The summed E-state index contributed by atoms with van der Waals surface area (Å²) in [5.74, 6) is -0.760. The molecule has 0 unspecified atom stereocenters. The number of amides is 1. The van der Waals surface area contributed by atoms with Gasteiger partial charge in [-0.25, -0.2) is 4.79 Å². The number of nitrogens with one attached hydrogen (secondary N) is 1. The molecule has 0 spiro atoms. The molecule has 2 aromatic carbocycles. The number of phenols is 1. The summed E-state index contributed by atoms with van der Waals surface area (Å²) in [6, 6.07) is 8.83. The summed E-state index contributed by atoms with van der Waals surface area (Å²) in [4.78, 5) is 22.9. The molecule has 0 aliphatic rings. The fraction of sp³-hybridized carbons (Fsp3) is 0.176. The van der Waals surface area contributed by atoms with Crippen LogP contribution in [-0.2, 0) is 11.2 Å². The van der Waals surface area contributed by atoms with Gasteiger partial charge in [-0.2, -0.15) is 0 Å². The molecule has 0 fully saturated rings. The Kier molecular flexibility index (Phi) is 5.26. The van der Waals surface area contributed by atoms with Crippen LogP contribution in [-0.4, -0.2) is 36.3 Å². The van der Waals surface area contributed by atoms with Gasteiger partial charge in [0.2, 0.25) is 5.91 Å². The molecule has 0 saturated heterocycles. The quantitative estimate of drug-likeness (QED) is 0.702. The average Bonchev–Trinajstić information content (AvgIpc) is 2.56. The number of phenolic OH excluding ortho intramolecular Hbond substituents is 1. The summed E-state index contributed by atoms with van der Waals surface area (Å²) in [5.41, 5.74) is 0.780. The molecule has 0 radical (unpaired) electrons. The SMILES string of the molecule is COc1ccc(CC(=O)Nc2ccc(C(=O)O)cc2O)cc1OC. The number of carbonyl (C=O) groups excluding carboxylic acids is 1. The van der Waals surface area contributed by atoms with E-state index in [9.17, 15) is 14.7 Å². The smallest absolute Gasteiger partial charge is 0.335 e. The molecule has 0 bridgehead atoms. The molecule has 7 heteroatoms. The van der Waals surface area contributed by atoms with E-state index >= 15 is 0 Å². The van der Waals surface area contributed by atoms with Crippen molar-refractivity contribution in [3.63, 3.8) is 0 Å². The van der Waals surface area contributed by atoms with Crippen molar-refractivity contribution in [3.8, 4) is 17.2 Å². The van der Waals surface area contributed by atoms with E-state index in [2.05, 4.69) is 5.32 Å². The lowest BCUT2D eigenvalue weighted by Gasteiger charge is -2.10. The Hall–Kier alpha value is -3.22. The van der Waals surface area contributed by atoms with Gasteiger partial charge in [0.05, 0.1) is 31.9 Å². The zero-order valence-electron chi connectivity index (χ0n) is 13.2. The summed E-state index contributed by atoms with van der Waals surface area (Å²) in [5, 5.41) is 21.2. The van der Waals surface area contributed by atoms with Gasteiger partial charge in [0.15, 0.2) is 11.5 Å².